The van der Waals surface area contributed by atoms with Gasteiger partial charge in [0.2, 0.25) is 5.91 Å². The van der Waals surface area contributed by atoms with Crippen LogP contribution >= 0.6 is 0 Å². The molecule has 1 aliphatic heterocycles. The largest absolute Gasteiger partial charge is 0.392 e. The Morgan fingerprint density at radius 2 is 1.74 bits per heavy atom. The highest BCUT2D eigenvalue weighted by Gasteiger charge is 2.35. The Morgan fingerprint density at radius 1 is 1.05 bits per heavy atom. The Labute approximate surface area is 221 Å². The third kappa shape index (κ3) is 5.12. The summed E-state index contributed by atoms with van der Waals surface area (Å²) in [6.45, 7) is 2.99. The lowest BCUT2D eigenvalue weighted by Crippen LogP contribution is -2.49. The number of hydrogen-bond donors (Lipinski definition) is 2. The number of amides is 1. The molecule has 38 heavy (non-hydrogen) atoms. The Kier molecular flexibility index (Phi) is 7.14. The number of benzene rings is 2. The third-order valence-corrected chi connectivity index (χ3v) is 7.58. The summed E-state index contributed by atoms with van der Waals surface area (Å²) in [5, 5.41) is 25.0. The van der Waals surface area contributed by atoms with E-state index in [9.17, 15) is 19.8 Å². The van der Waals surface area contributed by atoms with Crippen LogP contribution in [0.25, 0.3) is 22.3 Å². The number of carbonyl (C=O) groups is 1. The van der Waals surface area contributed by atoms with Gasteiger partial charge < -0.3 is 15.1 Å². The number of aryl methyl sites for hydroxylation is 1. The van der Waals surface area contributed by atoms with Gasteiger partial charge in [0, 0.05) is 32.1 Å². The first kappa shape index (κ1) is 25.8. The molecule has 1 fully saturated rings. The molecule has 198 valence electrons. The quantitative estimate of drug-likeness (QED) is 0.391. The van der Waals surface area contributed by atoms with E-state index < -0.39 is 5.60 Å². The topological polar surface area (TPSA) is 113 Å². The van der Waals surface area contributed by atoms with Gasteiger partial charge in [-0.2, -0.15) is 5.10 Å². The van der Waals surface area contributed by atoms with Gasteiger partial charge >= 0.3 is 0 Å². The summed E-state index contributed by atoms with van der Waals surface area (Å²) in [5.41, 5.74) is 2.79. The molecule has 0 radical (unpaired) electrons. The van der Waals surface area contributed by atoms with Crippen LogP contribution in [0.1, 0.15) is 43.2 Å². The first-order chi connectivity index (χ1) is 18.3. The second-order valence-corrected chi connectivity index (χ2v) is 10.3. The molecular formula is C29H33N5O4. The Hall–Kier alpha value is -3.82. The molecule has 9 nitrogen and oxygen atoms in total. The van der Waals surface area contributed by atoms with E-state index in [-0.39, 0.29) is 36.1 Å². The maximum atomic E-state index is 13.3. The van der Waals surface area contributed by atoms with Gasteiger partial charge in [-0.05, 0) is 29.9 Å². The molecule has 0 spiro atoms. The fourth-order valence-corrected chi connectivity index (χ4v) is 5.24. The number of fused-ring (bicyclic) bond motifs is 1. The SMILES string of the molecule is C[C@H](CC(=O)N1CCC(O)(Cn2cnc3c(-c4ccc(CO)cc4)n(C)nc3c2=O)CC1)c1ccccc1. The number of aromatic nitrogens is 4. The Balaban J connectivity index is 1.28. The predicted octanol–water partition coefficient (Wildman–Crippen LogP) is 2.84. The van der Waals surface area contributed by atoms with Gasteiger partial charge in [-0.1, -0.05) is 61.5 Å². The van der Waals surface area contributed by atoms with E-state index in [1.165, 1.54) is 10.9 Å². The van der Waals surface area contributed by atoms with Crippen LogP contribution in [0.2, 0.25) is 0 Å². The molecule has 1 amide bonds. The van der Waals surface area contributed by atoms with Crippen LogP contribution in [0.15, 0.2) is 65.7 Å². The third-order valence-electron chi connectivity index (χ3n) is 7.58. The fourth-order valence-electron chi connectivity index (χ4n) is 5.24. The van der Waals surface area contributed by atoms with Crippen molar-refractivity contribution in [3.05, 3.63) is 82.4 Å². The number of piperidine rings is 1. The lowest BCUT2D eigenvalue weighted by molar-refractivity contribution is -0.136. The van der Waals surface area contributed by atoms with E-state index in [1.54, 1.807) is 11.7 Å². The van der Waals surface area contributed by atoms with Gasteiger partial charge in [-0.3, -0.25) is 18.8 Å². The van der Waals surface area contributed by atoms with Crippen LogP contribution in [0.4, 0.5) is 0 Å². The number of likely N-dealkylation sites (tertiary alicyclic amines) is 1. The molecule has 5 rings (SSSR count). The molecule has 0 saturated carbocycles. The van der Waals surface area contributed by atoms with E-state index in [4.69, 9.17) is 0 Å². The summed E-state index contributed by atoms with van der Waals surface area (Å²) in [6, 6.07) is 17.4. The fraction of sp³-hybridized carbons (Fsp3) is 0.379. The number of aliphatic hydroxyl groups is 2. The molecule has 3 heterocycles. The molecule has 4 aromatic rings. The molecule has 0 aliphatic carbocycles. The number of rotatable bonds is 7. The van der Waals surface area contributed by atoms with Crippen molar-refractivity contribution in [2.45, 2.75) is 50.9 Å². The van der Waals surface area contributed by atoms with Crippen molar-refractivity contribution >= 4 is 16.9 Å². The standard InChI is InChI=1S/C29H33N5O4/c1-20(22-6-4-3-5-7-22)16-24(36)33-14-12-29(38,13-15-33)18-34-19-30-25-26(28(34)37)31-32(2)27(25)23-10-8-21(17-35)9-11-23/h3-11,19-20,35,38H,12-18H2,1-2H3/t20-/m1/s1. The molecule has 2 N–H and O–H groups in total. The first-order valence-electron chi connectivity index (χ1n) is 13.0. The van der Waals surface area contributed by atoms with Gasteiger partial charge in [0.1, 0.15) is 5.52 Å². The number of hydrogen-bond acceptors (Lipinski definition) is 6. The summed E-state index contributed by atoms with van der Waals surface area (Å²) in [7, 11) is 1.76. The smallest absolute Gasteiger partial charge is 0.281 e. The van der Waals surface area contributed by atoms with Crippen LogP contribution in [0.5, 0.6) is 0 Å². The van der Waals surface area contributed by atoms with Gasteiger partial charge in [0.15, 0.2) is 5.52 Å². The molecule has 0 bridgehead atoms. The minimum Gasteiger partial charge on any atom is -0.392 e. The Morgan fingerprint density at radius 3 is 2.39 bits per heavy atom. The van der Waals surface area contributed by atoms with Gasteiger partial charge in [-0.25, -0.2) is 4.98 Å². The highest BCUT2D eigenvalue weighted by atomic mass is 16.3. The molecule has 1 saturated heterocycles. The minimum atomic E-state index is -1.11. The van der Waals surface area contributed by atoms with Crippen molar-refractivity contribution in [1.29, 1.82) is 0 Å². The highest BCUT2D eigenvalue weighted by Crippen LogP contribution is 2.28. The summed E-state index contributed by atoms with van der Waals surface area (Å²) in [5.74, 6) is 0.202. The van der Waals surface area contributed by atoms with Crippen LogP contribution in [-0.2, 0) is 25.0 Å². The predicted molar refractivity (Wildman–Crippen MR) is 144 cm³/mol. The number of aliphatic hydroxyl groups excluding tert-OH is 1. The van der Waals surface area contributed by atoms with E-state index in [1.807, 2.05) is 59.5 Å². The van der Waals surface area contributed by atoms with Crippen LogP contribution in [-0.4, -0.2) is 59.0 Å². The highest BCUT2D eigenvalue weighted by molar-refractivity contribution is 5.89. The monoisotopic (exact) mass is 515 g/mol. The van der Waals surface area contributed by atoms with Crippen molar-refractivity contribution in [2.75, 3.05) is 13.1 Å². The summed E-state index contributed by atoms with van der Waals surface area (Å²) in [4.78, 5) is 32.6. The van der Waals surface area contributed by atoms with Crippen LogP contribution in [0, 0.1) is 0 Å². The average molecular weight is 516 g/mol. The normalized spacial score (nSPS) is 16.1. The molecule has 2 aromatic heterocycles. The van der Waals surface area contributed by atoms with Crippen LogP contribution < -0.4 is 5.56 Å². The lowest BCUT2D eigenvalue weighted by Gasteiger charge is -2.38. The summed E-state index contributed by atoms with van der Waals surface area (Å²) < 4.78 is 3.05. The van der Waals surface area contributed by atoms with Gasteiger partial charge in [-0.15, -0.1) is 0 Å². The van der Waals surface area contributed by atoms with Gasteiger partial charge in [0.05, 0.1) is 30.8 Å². The molecule has 1 atom stereocenters. The van der Waals surface area contributed by atoms with E-state index in [2.05, 4.69) is 17.0 Å². The van der Waals surface area contributed by atoms with Crippen molar-refractivity contribution in [1.82, 2.24) is 24.2 Å². The number of nitrogens with zero attached hydrogens (tertiary/aromatic N) is 5. The van der Waals surface area contributed by atoms with E-state index in [0.717, 1.165) is 16.7 Å². The van der Waals surface area contributed by atoms with Gasteiger partial charge in [0.25, 0.3) is 5.56 Å². The molecule has 1 aliphatic rings. The zero-order valence-electron chi connectivity index (χ0n) is 21.7. The second kappa shape index (κ2) is 10.5. The zero-order valence-corrected chi connectivity index (χ0v) is 21.7. The summed E-state index contributed by atoms with van der Waals surface area (Å²) in [6.07, 6.45) is 2.66. The van der Waals surface area contributed by atoms with Crippen LogP contribution in [0.3, 0.4) is 0 Å². The zero-order chi connectivity index (χ0) is 26.9. The van der Waals surface area contributed by atoms with Crippen molar-refractivity contribution in [3.63, 3.8) is 0 Å². The first-order valence-corrected chi connectivity index (χ1v) is 13.0. The van der Waals surface area contributed by atoms with E-state index >= 15 is 0 Å². The molecular weight excluding hydrogens is 482 g/mol. The molecule has 0 unspecified atom stereocenters. The lowest BCUT2D eigenvalue weighted by atomic mass is 9.90. The van der Waals surface area contributed by atoms with Crippen molar-refractivity contribution in [2.24, 2.45) is 7.05 Å². The molecule has 9 heteroatoms. The maximum absolute atomic E-state index is 13.3. The van der Waals surface area contributed by atoms with E-state index in [0.29, 0.717) is 43.6 Å². The maximum Gasteiger partial charge on any atom is 0.281 e. The summed E-state index contributed by atoms with van der Waals surface area (Å²) >= 11 is 0. The minimum absolute atomic E-state index is 0.0446. The van der Waals surface area contributed by atoms with Crippen molar-refractivity contribution in [3.8, 4) is 11.3 Å². The van der Waals surface area contributed by atoms with Crippen molar-refractivity contribution < 1.29 is 15.0 Å². The Bertz CT molecular complexity index is 1490. The molecule has 2 aromatic carbocycles. The number of carbonyl (C=O) groups excluding carboxylic acids is 1. The average Bonchev–Trinajstić information content (AvgIpc) is 3.27. The second-order valence-electron chi connectivity index (χ2n) is 10.3.